The number of imidazole rings is 1. The van der Waals surface area contributed by atoms with Crippen LogP contribution in [0.1, 0.15) is 33.3 Å². The summed E-state index contributed by atoms with van der Waals surface area (Å²) in [6.45, 7) is 1.38. The number of nitrogens with two attached hydrogens (primary N) is 1. The number of para-hydroxylation sites is 1. The van der Waals surface area contributed by atoms with E-state index in [9.17, 15) is 4.79 Å². The predicted molar refractivity (Wildman–Crippen MR) is 129 cm³/mol. The highest BCUT2D eigenvalue weighted by Gasteiger charge is 2.09. The van der Waals surface area contributed by atoms with Crippen LogP contribution in [0.15, 0.2) is 70.0 Å². The SMILES string of the molecule is NC(=O)c1coc(CCNCCc2nc3cccc(C#Cc4cccc(-c5ncco5)c4)c3[nH]2)n1. The number of H-pyrrole nitrogens is 1. The van der Waals surface area contributed by atoms with E-state index in [1.54, 1.807) is 12.5 Å². The molecule has 174 valence electrons. The largest absolute Gasteiger partial charge is 0.448 e. The second-order valence-corrected chi connectivity index (χ2v) is 7.79. The van der Waals surface area contributed by atoms with Crippen molar-refractivity contribution in [1.82, 2.24) is 25.3 Å². The highest BCUT2D eigenvalue weighted by molar-refractivity contribution is 5.90. The number of amides is 1. The number of hydrogen-bond donors (Lipinski definition) is 3. The van der Waals surface area contributed by atoms with E-state index in [1.807, 2.05) is 42.5 Å². The molecule has 0 radical (unpaired) electrons. The van der Waals surface area contributed by atoms with Crippen molar-refractivity contribution in [1.29, 1.82) is 0 Å². The number of aromatic nitrogens is 4. The van der Waals surface area contributed by atoms with Crippen molar-refractivity contribution in [3.05, 3.63) is 89.7 Å². The molecular formula is C26H22N6O3. The summed E-state index contributed by atoms with van der Waals surface area (Å²) in [4.78, 5) is 27.4. The van der Waals surface area contributed by atoms with Crippen LogP contribution >= 0.6 is 0 Å². The van der Waals surface area contributed by atoms with Crippen molar-refractivity contribution in [3.63, 3.8) is 0 Å². The lowest BCUT2D eigenvalue weighted by Crippen LogP contribution is -2.20. The number of aromatic amines is 1. The maximum atomic E-state index is 11.1. The summed E-state index contributed by atoms with van der Waals surface area (Å²) in [5, 5.41) is 3.33. The minimum Gasteiger partial charge on any atom is -0.448 e. The van der Waals surface area contributed by atoms with Gasteiger partial charge in [-0.05, 0) is 30.3 Å². The summed E-state index contributed by atoms with van der Waals surface area (Å²) < 4.78 is 10.6. The van der Waals surface area contributed by atoms with Crippen LogP contribution in [-0.2, 0) is 12.8 Å². The van der Waals surface area contributed by atoms with Crippen LogP contribution in [0.25, 0.3) is 22.5 Å². The third-order valence-electron chi connectivity index (χ3n) is 5.31. The van der Waals surface area contributed by atoms with Gasteiger partial charge < -0.3 is 24.9 Å². The van der Waals surface area contributed by atoms with E-state index in [0.29, 0.717) is 24.7 Å². The second kappa shape index (κ2) is 10.1. The molecule has 0 bridgehead atoms. The van der Waals surface area contributed by atoms with E-state index in [2.05, 4.69) is 37.1 Å². The Bertz CT molecular complexity index is 1520. The Kier molecular flexibility index (Phi) is 6.37. The fraction of sp³-hybridized carbons (Fsp3) is 0.154. The van der Waals surface area contributed by atoms with Crippen LogP contribution in [0, 0.1) is 11.8 Å². The number of nitrogens with zero attached hydrogens (tertiary/aromatic N) is 3. The molecule has 9 heteroatoms. The lowest BCUT2D eigenvalue weighted by Gasteiger charge is -2.01. The summed E-state index contributed by atoms with van der Waals surface area (Å²) in [5.41, 5.74) is 9.74. The average molecular weight is 467 g/mol. The quantitative estimate of drug-likeness (QED) is 0.236. The summed E-state index contributed by atoms with van der Waals surface area (Å²) in [6, 6.07) is 13.7. The van der Waals surface area contributed by atoms with Gasteiger partial charge in [-0.2, -0.15) is 0 Å². The predicted octanol–water partition coefficient (Wildman–Crippen LogP) is 3.08. The molecule has 3 heterocycles. The molecule has 0 saturated carbocycles. The second-order valence-electron chi connectivity index (χ2n) is 7.79. The molecule has 2 aromatic carbocycles. The molecule has 35 heavy (non-hydrogen) atoms. The van der Waals surface area contributed by atoms with Gasteiger partial charge in [-0.15, -0.1) is 0 Å². The van der Waals surface area contributed by atoms with Crippen LogP contribution in [0.3, 0.4) is 0 Å². The average Bonchev–Trinajstić information content (AvgIpc) is 3.63. The fourth-order valence-corrected chi connectivity index (χ4v) is 3.61. The number of rotatable bonds is 8. The molecular weight excluding hydrogens is 444 g/mol. The van der Waals surface area contributed by atoms with E-state index >= 15 is 0 Å². The summed E-state index contributed by atoms with van der Waals surface area (Å²) in [7, 11) is 0. The zero-order valence-electron chi connectivity index (χ0n) is 18.7. The van der Waals surface area contributed by atoms with Gasteiger partial charge in [0.25, 0.3) is 5.91 Å². The monoisotopic (exact) mass is 466 g/mol. The van der Waals surface area contributed by atoms with Crippen LogP contribution in [0.4, 0.5) is 0 Å². The molecule has 0 atom stereocenters. The molecule has 9 nitrogen and oxygen atoms in total. The van der Waals surface area contributed by atoms with Crippen molar-refractivity contribution in [3.8, 4) is 23.3 Å². The minimum atomic E-state index is -0.596. The van der Waals surface area contributed by atoms with Gasteiger partial charge >= 0.3 is 0 Å². The third-order valence-corrected chi connectivity index (χ3v) is 5.31. The first-order chi connectivity index (χ1) is 17.2. The van der Waals surface area contributed by atoms with Crippen molar-refractivity contribution < 1.29 is 13.6 Å². The summed E-state index contributed by atoms with van der Waals surface area (Å²) in [5.74, 6) is 7.80. The Hall–Kier alpha value is -4.68. The van der Waals surface area contributed by atoms with Gasteiger partial charge in [-0.25, -0.2) is 15.0 Å². The molecule has 0 unspecified atom stereocenters. The molecule has 5 aromatic rings. The molecule has 0 aliphatic carbocycles. The Morgan fingerprint density at radius 3 is 2.77 bits per heavy atom. The van der Waals surface area contributed by atoms with Crippen LogP contribution in [-0.4, -0.2) is 38.9 Å². The number of nitrogens with one attached hydrogen (secondary N) is 2. The number of benzene rings is 2. The zero-order chi connectivity index (χ0) is 24.0. The van der Waals surface area contributed by atoms with Crippen molar-refractivity contribution in [2.24, 2.45) is 5.73 Å². The van der Waals surface area contributed by atoms with Crippen LogP contribution in [0.2, 0.25) is 0 Å². The Labute approximate surface area is 200 Å². The Morgan fingerprint density at radius 2 is 1.94 bits per heavy atom. The lowest BCUT2D eigenvalue weighted by molar-refractivity contribution is 0.0995. The minimum absolute atomic E-state index is 0.142. The normalized spacial score (nSPS) is 10.9. The summed E-state index contributed by atoms with van der Waals surface area (Å²) in [6.07, 6.45) is 5.73. The molecule has 0 saturated heterocycles. The maximum absolute atomic E-state index is 11.1. The fourth-order valence-electron chi connectivity index (χ4n) is 3.61. The maximum Gasteiger partial charge on any atom is 0.270 e. The van der Waals surface area contributed by atoms with Gasteiger partial charge in [0.05, 0.1) is 22.8 Å². The van der Waals surface area contributed by atoms with Gasteiger partial charge in [0, 0.05) is 37.1 Å². The van der Waals surface area contributed by atoms with Crippen molar-refractivity contribution >= 4 is 16.9 Å². The highest BCUT2D eigenvalue weighted by atomic mass is 16.3. The van der Waals surface area contributed by atoms with E-state index in [0.717, 1.165) is 46.5 Å². The van der Waals surface area contributed by atoms with Crippen molar-refractivity contribution in [2.45, 2.75) is 12.8 Å². The molecule has 3 aromatic heterocycles. The highest BCUT2D eigenvalue weighted by Crippen LogP contribution is 2.19. The first-order valence-corrected chi connectivity index (χ1v) is 11.1. The lowest BCUT2D eigenvalue weighted by atomic mass is 10.1. The van der Waals surface area contributed by atoms with E-state index in [-0.39, 0.29) is 5.69 Å². The van der Waals surface area contributed by atoms with Gasteiger partial charge in [0.2, 0.25) is 5.89 Å². The third kappa shape index (κ3) is 5.29. The first-order valence-electron chi connectivity index (χ1n) is 11.1. The van der Waals surface area contributed by atoms with Gasteiger partial charge in [0.1, 0.15) is 18.4 Å². The number of primary amides is 1. The zero-order valence-corrected chi connectivity index (χ0v) is 18.7. The van der Waals surface area contributed by atoms with E-state index < -0.39 is 5.91 Å². The van der Waals surface area contributed by atoms with E-state index in [1.165, 1.54) is 6.26 Å². The molecule has 0 spiro atoms. The Morgan fingerprint density at radius 1 is 1.06 bits per heavy atom. The molecule has 0 aliphatic heterocycles. The standard InChI is InChI=1S/C26H22N6O3/c27-25(33)21-16-35-23(31-21)10-12-28-11-9-22-30-20-6-2-4-18(24(20)32-22)8-7-17-3-1-5-19(15-17)26-29-13-14-34-26/h1-6,13-16,28H,9-12H2,(H2,27,33)(H,30,32). The molecule has 0 aliphatic rings. The van der Waals surface area contributed by atoms with Crippen LogP contribution < -0.4 is 11.1 Å². The van der Waals surface area contributed by atoms with Gasteiger partial charge in [-0.3, -0.25) is 4.79 Å². The first kappa shape index (κ1) is 22.1. The topological polar surface area (TPSA) is 136 Å². The number of oxazole rings is 2. The molecule has 1 amide bonds. The van der Waals surface area contributed by atoms with E-state index in [4.69, 9.17) is 14.6 Å². The smallest absolute Gasteiger partial charge is 0.270 e. The van der Waals surface area contributed by atoms with Crippen molar-refractivity contribution in [2.75, 3.05) is 13.1 Å². The van der Waals surface area contributed by atoms with Crippen LogP contribution in [0.5, 0.6) is 0 Å². The molecule has 4 N–H and O–H groups in total. The summed E-state index contributed by atoms with van der Waals surface area (Å²) >= 11 is 0. The molecule has 0 fully saturated rings. The Balaban J connectivity index is 1.21. The number of carbonyl (C=O) groups excluding carboxylic acids is 1. The number of hydrogen-bond acceptors (Lipinski definition) is 7. The van der Waals surface area contributed by atoms with Gasteiger partial charge in [-0.1, -0.05) is 24.0 Å². The van der Waals surface area contributed by atoms with Gasteiger partial charge in [0.15, 0.2) is 11.6 Å². The molecule has 5 rings (SSSR count). The number of carbonyl (C=O) groups is 1. The number of fused-ring (bicyclic) bond motifs is 1.